The monoisotopic (exact) mass is 369 g/mol. The Morgan fingerprint density at radius 2 is 2.27 bits per heavy atom. The number of anilines is 1. The lowest BCUT2D eigenvalue weighted by Crippen LogP contribution is -2.22. The van der Waals surface area contributed by atoms with Crippen LogP contribution in [0.15, 0.2) is 24.3 Å². The number of nitrogens with zero attached hydrogens (tertiary/aromatic N) is 1. The number of nitriles is 1. The molecular weight excluding hydrogens is 346 g/mol. The average molecular weight is 369 g/mol. The Morgan fingerprint density at radius 1 is 1.46 bits per heavy atom. The fraction of sp³-hybridized carbons (Fsp3) is 0.400. The van der Waals surface area contributed by atoms with Gasteiger partial charge in [-0.15, -0.1) is 11.3 Å². The standard InChI is InChI=1S/C20H23N3O2S/c1-3-25-17-7-5-4-6-14(17)13(2)10-19(24)23-20-16(11-21)15-8-9-22-12-18(15)26-20/h4-7,13,22H,3,8-10,12H2,1-2H3,(H,23,24). The van der Waals surface area contributed by atoms with Gasteiger partial charge in [-0.3, -0.25) is 4.79 Å². The molecule has 1 unspecified atom stereocenters. The van der Waals surface area contributed by atoms with Crippen LogP contribution in [0.2, 0.25) is 0 Å². The fourth-order valence-corrected chi connectivity index (χ4v) is 4.47. The van der Waals surface area contributed by atoms with Crippen molar-refractivity contribution in [3.8, 4) is 11.8 Å². The van der Waals surface area contributed by atoms with E-state index in [-0.39, 0.29) is 11.8 Å². The molecule has 0 fully saturated rings. The van der Waals surface area contributed by atoms with Gasteiger partial charge in [0.1, 0.15) is 16.8 Å². The molecule has 6 heteroatoms. The molecule has 2 heterocycles. The van der Waals surface area contributed by atoms with Gasteiger partial charge >= 0.3 is 0 Å². The van der Waals surface area contributed by atoms with Crippen LogP contribution in [-0.4, -0.2) is 19.1 Å². The van der Waals surface area contributed by atoms with Crippen molar-refractivity contribution in [2.45, 2.75) is 39.2 Å². The molecule has 1 aliphatic rings. The molecule has 1 aromatic carbocycles. The van der Waals surface area contributed by atoms with Crippen molar-refractivity contribution in [2.24, 2.45) is 0 Å². The Kier molecular flexibility index (Phi) is 5.92. The zero-order valence-corrected chi connectivity index (χ0v) is 15.9. The van der Waals surface area contributed by atoms with Gasteiger partial charge in [0.15, 0.2) is 0 Å². The lowest BCUT2D eigenvalue weighted by molar-refractivity contribution is -0.116. The number of carbonyl (C=O) groups is 1. The van der Waals surface area contributed by atoms with Gasteiger partial charge in [0.05, 0.1) is 12.2 Å². The molecule has 136 valence electrons. The quantitative estimate of drug-likeness (QED) is 0.812. The van der Waals surface area contributed by atoms with Gasteiger partial charge in [0, 0.05) is 17.8 Å². The van der Waals surface area contributed by atoms with Crippen LogP contribution in [-0.2, 0) is 17.8 Å². The number of fused-ring (bicyclic) bond motifs is 1. The Morgan fingerprint density at radius 3 is 3.04 bits per heavy atom. The predicted molar refractivity (Wildman–Crippen MR) is 104 cm³/mol. The van der Waals surface area contributed by atoms with Crippen LogP contribution >= 0.6 is 11.3 Å². The number of hydrogen-bond acceptors (Lipinski definition) is 5. The van der Waals surface area contributed by atoms with Crippen molar-refractivity contribution < 1.29 is 9.53 Å². The number of hydrogen-bond donors (Lipinski definition) is 2. The van der Waals surface area contributed by atoms with E-state index >= 15 is 0 Å². The van der Waals surface area contributed by atoms with Gasteiger partial charge in [0.2, 0.25) is 5.91 Å². The second-order valence-electron chi connectivity index (χ2n) is 6.37. The molecule has 0 saturated heterocycles. The summed E-state index contributed by atoms with van der Waals surface area (Å²) in [5.41, 5.74) is 2.74. The van der Waals surface area contributed by atoms with E-state index in [0.717, 1.165) is 41.3 Å². The molecule has 5 nitrogen and oxygen atoms in total. The number of nitrogens with one attached hydrogen (secondary N) is 2. The van der Waals surface area contributed by atoms with Crippen LogP contribution in [0.5, 0.6) is 5.75 Å². The van der Waals surface area contributed by atoms with Crippen molar-refractivity contribution in [2.75, 3.05) is 18.5 Å². The summed E-state index contributed by atoms with van der Waals surface area (Å²) in [6.45, 7) is 6.20. The normalized spacial score (nSPS) is 14.2. The molecule has 0 radical (unpaired) electrons. The van der Waals surface area contributed by atoms with Gasteiger partial charge < -0.3 is 15.4 Å². The predicted octanol–water partition coefficient (Wildman–Crippen LogP) is 3.80. The van der Waals surface area contributed by atoms with Crippen LogP contribution in [0.3, 0.4) is 0 Å². The maximum atomic E-state index is 12.6. The summed E-state index contributed by atoms with van der Waals surface area (Å²) in [7, 11) is 0. The third-order valence-corrected chi connectivity index (χ3v) is 5.68. The number of benzene rings is 1. The highest BCUT2D eigenvalue weighted by atomic mass is 32.1. The first-order chi connectivity index (χ1) is 12.6. The molecule has 0 aliphatic carbocycles. The molecule has 0 spiro atoms. The molecule has 3 rings (SSSR count). The second-order valence-corrected chi connectivity index (χ2v) is 7.48. The highest BCUT2D eigenvalue weighted by Crippen LogP contribution is 2.35. The smallest absolute Gasteiger partial charge is 0.225 e. The van der Waals surface area contributed by atoms with Crippen LogP contribution in [0.4, 0.5) is 5.00 Å². The summed E-state index contributed by atoms with van der Waals surface area (Å²) in [5.74, 6) is 0.775. The maximum absolute atomic E-state index is 12.6. The summed E-state index contributed by atoms with van der Waals surface area (Å²) >= 11 is 1.51. The molecule has 2 aromatic rings. The third-order valence-electron chi connectivity index (χ3n) is 4.53. The molecule has 1 aromatic heterocycles. The lowest BCUT2D eigenvalue weighted by Gasteiger charge is -2.16. The molecule has 0 saturated carbocycles. The molecule has 1 aliphatic heterocycles. The minimum Gasteiger partial charge on any atom is -0.494 e. The van der Waals surface area contributed by atoms with E-state index in [2.05, 4.69) is 16.7 Å². The number of thiophene rings is 1. The van der Waals surface area contributed by atoms with Gasteiger partial charge in [0.25, 0.3) is 0 Å². The summed E-state index contributed by atoms with van der Waals surface area (Å²) in [6, 6.07) is 10.1. The van der Waals surface area contributed by atoms with E-state index in [4.69, 9.17) is 4.74 Å². The fourth-order valence-electron chi connectivity index (χ4n) is 3.28. The van der Waals surface area contributed by atoms with Gasteiger partial charge in [-0.25, -0.2) is 0 Å². The molecule has 1 amide bonds. The Balaban J connectivity index is 1.72. The maximum Gasteiger partial charge on any atom is 0.225 e. The van der Waals surface area contributed by atoms with Crippen molar-refractivity contribution >= 4 is 22.2 Å². The molecule has 26 heavy (non-hydrogen) atoms. The van der Waals surface area contributed by atoms with Crippen LogP contribution in [0.1, 0.15) is 47.8 Å². The second kappa shape index (κ2) is 8.35. The minimum absolute atomic E-state index is 0.0274. The molecule has 1 atom stereocenters. The number of para-hydroxylation sites is 1. The van der Waals surface area contributed by atoms with Crippen LogP contribution in [0, 0.1) is 11.3 Å². The Hall–Kier alpha value is -2.36. The zero-order valence-electron chi connectivity index (χ0n) is 15.1. The number of rotatable bonds is 6. The molecule has 2 N–H and O–H groups in total. The highest BCUT2D eigenvalue weighted by Gasteiger charge is 2.22. The topological polar surface area (TPSA) is 74.1 Å². The van der Waals surface area contributed by atoms with Crippen molar-refractivity contribution in [1.82, 2.24) is 5.32 Å². The summed E-state index contributed by atoms with van der Waals surface area (Å²) in [6.07, 6.45) is 1.18. The summed E-state index contributed by atoms with van der Waals surface area (Å²) in [5, 5.41) is 16.4. The summed E-state index contributed by atoms with van der Waals surface area (Å²) in [4.78, 5) is 13.7. The van der Waals surface area contributed by atoms with E-state index in [1.165, 1.54) is 11.3 Å². The molecule has 0 bridgehead atoms. The number of ether oxygens (including phenoxy) is 1. The van der Waals surface area contributed by atoms with Crippen LogP contribution in [0.25, 0.3) is 0 Å². The van der Waals surface area contributed by atoms with E-state index < -0.39 is 0 Å². The Labute approximate surface area is 158 Å². The van der Waals surface area contributed by atoms with Crippen molar-refractivity contribution in [3.05, 3.63) is 45.8 Å². The Bertz CT molecular complexity index is 838. The average Bonchev–Trinajstić information content (AvgIpc) is 2.99. The van der Waals surface area contributed by atoms with E-state index in [9.17, 15) is 10.1 Å². The minimum atomic E-state index is -0.0770. The van der Waals surface area contributed by atoms with E-state index in [0.29, 0.717) is 23.6 Å². The number of amides is 1. The SMILES string of the molecule is CCOc1ccccc1C(C)CC(=O)Nc1sc2c(c1C#N)CCNC2. The zero-order chi connectivity index (χ0) is 18.5. The first-order valence-electron chi connectivity index (χ1n) is 8.91. The third kappa shape index (κ3) is 3.90. The largest absolute Gasteiger partial charge is 0.494 e. The molecular formula is C20H23N3O2S. The first kappa shape index (κ1) is 18.4. The van der Waals surface area contributed by atoms with Gasteiger partial charge in [-0.2, -0.15) is 5.26 Å². The van der Waals surface area contributed by atoms with Crippen LogP contribution < -0.4 is 15.4 Å². The van der Waals surface area contributed by atoms with Gasteiger partial charge in [-0.1, -0.05) is 25.1 Å². The summed E-state index contributed by atoms with van der Waals surface area (Å²) < 4.78 is 5.67. The van der Waals surface area contributed by atoms with Gasteiger partial charge in [-0.05, 0) is 43.0 Å². The number of carbonyl (C=O) groups excluding carboxylic acids is 1. The van der Waals surface area contributed by atoms with Crippen molar-refractivity contribution in [1.29, 1.82) is 5.26 Å². The van der Waals surface area contributed by atoms with E-state index in [1.807, 2.05) is 38.1 Å². The first-order valence-corrected chi connectivity index (χ1v) is 9.72. The van der Waals surface area contributed by atoms with E-state index in [1.54, 1.807) is 0 Å². The highest BCUT2D eigenvalue weighted by molar-refractivity contribution is 7.16. The van der Waals surface area contributed by atoms with Crippen molar-refractivity contribution in [3.63, 3.8) is 0 Å². The lowest BCUT2D eigenvalue weighted by atomic mass is 9.96.